The van der Waals surface area contributed by atoms with Crippen molar-refractivity contribution in [2.24, 2.45) is 0 Å². The van der Waals surface area contributed by atoms with Crippen molar-refractivity contribution in [1.29, 1.82) is 5.26 Å². The predicted octanol–water partition coefficient (Wildman–Crippen LogP) is 4.64. The largest absolute Gasteiger partial charge is 0.456 e. The zero-order valence-electron chi connectivity index (χ0n) is 11.5. The Morgan fingerprint density at radius 3 is 2.73 bits per heavy atom. The molecule has 0 N–H and O–H groups in total. The molecule has 2 aromatic carbocycles. The summed E-state index contributed by atoms with van der Waals surface area (Å²) < 4.78 is 11.5. The Bertz CT molecular complexity index is 1030. The lowest BCUT2D eigenvalue weighted by Gasteiger charge is -2.05. The molecular formula is C18H10N2O2. The van der Waals surface area contributed by atoms with Gasteiger partial charge in [-0.15, -0.1) is 0 Å². The molecule has 0 saturated carbocycles. The van der Waals surface area contributed by atoms with Gasteiger partial charge >= 0.3 is 0 Å². The smallest absolute Gasteiger partial charge is 0.237 e. The monoisotopic (exact) mass is 286 g/mol. The minimum absolute atomic E-state index is 0.303. The first-order valence-electron chi connectivity index (χ1n) is 6.79. The van der Waals surface area contributed by atoms with Crippen LogP contribution in [-0.4, -0.2) is 4.98 Å². The third kappa shape index (κ3) is 1.97. The fourth-order valence-corrected chi connectivity index (χ4v) is 2.44. The zero-order valence-corrected chi connectivity index (χ0v) is 11.5. The Hall–Kier alpha value is -3.32. The van der Waals surface area contributed by atoms with Crippen molar-refractivity contribution >= 4 is 21.9 Å². The molecule has 4 aromatic rings. The molecule has 0 aliphatic carbocycles. The summed E-state index contributed by atoms with van der Waals surface area (Å²) in [6.45, 7) is 0. The van der Waals surface area contributed by atoms with Gasteiger partial charge in [-0.3, -0.25) is 0 Å². The number of para-hydroxylation sites is 1. The molecule has 0 bridgehead atoms. The van der Waals surface area contributed by atoms with E-state index in [4.69, 9.17) is 14.4 Å². The van der Waals surface area contributed by atoms with Crippen molar-refractivity contribution in [3.05, 3.63) is 66.4 Å². The number of fused-ring (bicyclic) bond motifs is 3. The molecule has 4 heteroatoms. The second-order valence-electron chi connectivity index (χ2n) is 4.83. The number of hydrogen-bond acceptors (Lipinski definition) is 4. The van der Waals surface area contributed by atoms with Gasteiger partial charge < -0.3 is 9.15 Å². The third-order valence-electron chi connectivity index (χ3n) is 3.45. The van der Waals surface area contributed by atoms with Crippen molar-refractivity contribution in [3.63, 3.8) is 0 Å². The maximum atomic E-state index is 9.09. The number of nitrogens with zero attached hydrogens (tertiary/aromatic N) is 2. The van der Waals surface area contributed by atoms with E-state index in [2.05, 4.69) is 11.1 Å². The van der Waals surface area contributed by atoms with Crippen LogP contribution in [0.15, 0.2) is 65.2 Å². The van der Waals surface area contributed by atoms with Crippen LogP contribution < -0.4 is 4.74 Å². The van der Waals surface area contributed by atoms with E-state index in [0.717, 1.165) is 21.9 Å². The Kier molecular flexibility index (Phi) is 2.77. The van der Waals surface area contributed by atoms with Crippen LogP contribution in [0.25, 0.3) is 21.9 Å². The Morgan fingerprint density at radius 1 is 0.955 bits per heavy atom. The summed E-state index contributed by atoms with van der Waals surface area (Å²) in [7, 11) is 0. The molecule has 104 valence electrons. The first kappa shape index (κ1) is 12.4. The fraction of sp³-hybridized carbons (Fsp3) is 0. The summed E-state index contributed by atoms with van der Waals surface area (Å²) in [4.78, 5) is 4.11. The first-order chi connectivity index (χ1) is 10.8. The summed E-state index contributed by atoms with van der Waals surface area (Å²) in [6.07, 6.45) is 1.60. The van der Waals surface area contributed by atoms with Gasteiger partial charge in [0.05, 0.1) is 0 Å². The summed E-state index contributed by atoms with van der Waals surface area (Å²) in [5.74, 6) is 0.923. The molecule has 0 amide bonds. The lowest BCUT2D eigenvalue weighted by Crippen LogP contribution is -1.90. The number of furan rings is 1. The molecule has 0 spiro atoms. The van der Waals surface area contributed by atoms with Gasteiger partial charge in [0.1, 0.15) is 28.5 Å². The number of ether oxygens (including phenoxy) is 1. The highest BCUT2D eigenvalue weighted by molar-refractivity contribution is 6.05. The zero-order chi connectivity index (χ0) is 14.9. The number of aromatic nitrogens is 1. The normalized spacial score (nSPS) is 10.7. The topological polar surface area (TPSA) is 59.0 Å². The number of pyridine rings is 1. The molecule has 0 radical (unpaired) electrons. The lowest BCUT2D eigenvalue weighted by molar-refractivity contribution is 0.462. The number of benzene rings is 2. The number of rotatable bonds is 2. The van der Waals surface area contributed by atoms with Crippen molar-refractivity contribution in [2.45, 2.75) is 0 Å². The Labute approximate surface area is 126 Å². The summed E-state index contributed by atoms with van der Waals surface area (Å²) in [6, 6.07) is 18.9. The molecule has 0 saturated heterocycles. The molecule has 4 rings (SSSR count). The van der Waals surface area contributed by atoms with Crippen LogP contribution >= 0.6 is 0 Å². The van der Waals surface area contributed by atoms with Gasteiger partial charge in [0.25, 0.3) is 0 Å². The van der Waals surface area contributed by atoms with Gasteiger partial charge in [0, 0.05) is 17.0 Å². The van der Waals surface area contributed by atoms with Gasteiger partial charge in [-0.25, -0.2) is 4.98 Å². The van der Waals surface area contributed by atoms with Crippen molar-refractivity contribution in [2.75, 3.05) is 0 Å². The molecule has 0 aliphatic heterocycles. The average molecular weight is 286 g/mol. The van der Waals surface area contributed by atoms with E-state index in [1.165, 1.54) is 0 Å². The molecule has 2 heterocycles. The summed E-state index contributed by atoms with van der Waals surface area (Å²) >= 11 is 0. The van der Waals surface area contributed by atoms with Crippen LogP contribution in [0.2, 0.25) is 0 Å². The lowest BCUT2D eigenvalue weighted by atomic mass is 10.1. The quantitative estimate of drug-likeness (QED) is 0.538. The summed E-state index contributed by atoms with van der Waals surface area (Å²) in [5.41, 5.74) is 2.04. The highest BCUT2D eigenvalue weighted by Gasteiger charge is 2.10. The maximum Gasteiger partial charge on any atom is 0.237 e. The highest BCUT2D eigenvalue weighted by Crippen LogP contribution is 2.32. The van der Waals surface area contributed by atoms with Gasteiger partial charge in [0.2, 0.25) is 5.88 Å². The summed E-state index contributed by atoms with van der Waals surface area (Å²) in [5, 5.41) is 11.1. The second-order valence-corrected chi connectivity index (χ2v) is 4.83. The van der Waals surface area contributed by atoms with Crippen molar-refractivity contribution in [3.8, 4) is 17.7 Å². The SMILES string of the molecule is N#Cc1cccnc1Oc1ccc2oc3ccccc3c2c1. The van der Waals surface area contributed by atoms with E-state index in [-0.39, 0.29) is 0 Å². The van der Waals surface area contributed by atoms with Crippen LogP contribution in [0, 0.1) is 11.3 Å². The van der Waals surface area contributed by atoms with Gasteiger partial charge in [0.15, 0.2) is 0 Å². The third-order valence-corrected chi connectivity index (χ3v) is 3.45. The van der Waals surface area contributed by atoms with E-state index in [1.807, 2.05) is 36.4 Å². The molecule has 22 heavy (non-hydrogen) atoms. The molecule has 0 unspecified atom stereocenters. The average Bonchev–Trinajstić information content (AvgIpc) is 2.93. The van der Waals surface area contributed by atoms with Crippen molar-refractivity contribution in [1.82, 2.24) is 4.98 Å². The molecule has 2 aromatic heterocycles. The van der Waals surface area contributed by atoms with E-state index in [0.29, 0.717) is 17.2 Å². The minimum Gasteiger partial charge on any atom is -0.456 e. The van der Waals surface area contributed by atoms with Gasteiger partial charge in [-0.05, 0) is 36.4 Å². The van der Waals surface area contributed by atoms with E-state index >= 15 is 0 Å². The molecule has 4 nitrogen and oxygen atoms in total. The van der Waals surface area contributed by atoms with Crippen LogP contribution in [0.4, 0.5) is 0 Å². The van der Waals surface area contributed by atoms with Gasteiger partial charge in [-0.1, -0.05) is 18.2 Å². The Balaban J connectivity index is 1.83. The highest BCUT2D eigenvalue weighted by atomic mass is 16.5. The predicted molar refractivity (Wildman–Crippen MR) is 82.7 cm³/mol. The van der Waals surface area contributed by atoms with E-state index in [9.17, 15) is 0 Å². The number of hydrogen-bond donors (Lipinski definition) is 0. The number of nitriles is 1. The van der Waals surface area contributed by atoms with Crippen molar-refractivity contribution < 1.29 is 9.15 Å². The first-order valence-corrected chi connectivity index (χ1v) is 6.79. The fourth-order valence-electron chi connectivity index (χ4n) is 2.44. The maximum absolute atomic E-state index is 9.09. The molecular weight excluding hydrogens is 276 g/mol. The van der Waals surface area contributed by atoms with Crippen LogP contribution in [0.3, 0.4) is 0 Å². The standard InChI is InChI=1S/C18H10N2O2/c19-11-12-4-3-9-20-18(12)21-13-7-8-17-15(10-13)14-5-1-2-6-16(14)22-17/h1-10H. The molecule has 0 aliphatic rings. The van der Waals surface area contributed by atoms with Crippen LogP contribution in [0.1, 0.15) is 5.56 Å². The van der Waals surface area contributed by atoms with E-state index < -0.39 is 0 Å². The molecule has 0 fully saturated rings. The second kappa shape index (κ2) is 4.90. The molecule has 0 atom stereocenters. The van der Waals surface area contributed by atoms with E-state index in [1.54, 1.807) is 24.4 Å². The minimum atomic E-state index is 0.303. The van der Waals surface area contributed by atoms with Crippen LogP contribution in [-0.2, 0) is 0 Å². The Morgan fingerprint density at radius 2 is 1.82 bits per heavy atom. The van der Waals surface area contributed by atoms with Crippen LogP contribution in [0.5, 0.6) is 11.6 Å². The van der Waals surface area contributed by atoms with Gasteiger partial charge in [-0.2, -0.15) is 5.26 Å².